The minimum atomic E-state index is -0.907. The van der Waals surface area contributed by atoms with Gasteiger partial charge in [-0.25, -0.2) is 0 Å². The second kappa shape index (κ2) is 9.48. The zero-order valence-electron chi connectivity index (χ0n) is 14.1. The molecular formula is C16H22BrNO6. The second-order valence-corrected chi connectivity index (χ2v) is 6.08. The highest BCUT2D eigenvalue weighted by atomic mass is 79.9. The van der Waals surface area contributed by atoms with Gasteiger partial charge in [0.2, 0.25) is 5.91 Å². The Kier molecular flexibility index (Phi) is 8.00. The fourth-order valence-electron chi connectivity index (χ4n) is 2.00. The first-order valence-electron chi connectivity index (χ1n) is 7.22. The smallest absolute Gasteiger partial charge is 0.325 e. The van der Waals surface area contributed by atoms with E-state index in [1.165, 1.54) is 26.0 Å². The third-order valence-corrected chi connectivity index (χ3v) is 4.53. The lowest BCUT2D eigenvalue weighted by molar-refractivity contribution is -0.147. The van der Waals surface area contributed by atoms with Crippen molar-refractivity contribution in [2.24, 2.45) is 0 Å². The zero-order valence-corrected chi connectivity index (χ0v) is 15.7. The van der Waals surface area contributed by atoms with E-state index in [1.807, 2.05) is 0 Å². The molecule has 0 unspecified atom stereocenters. The molecule has 2 atom stereocenters. The fourth-order valence-corrected chi connectivity index (χ4v) is 2.29. The van der Waals surface area contributed by atoms with E-state index in [-0.39, 0.29) is 13.1 Å². The third-order valence-electron chi connectivity index (χ3n) is 3.37. The molecule has 0 heterocycles. The summed E-state index contributed by atoms with van der Waals surface area (Å²) in [7, 11) is 4.30. The first-order valence-corrected chi connectivity index (χ1v) is 8.14. The molecule has 1 N–H and O–H groups in total. The Morgan fingerprint density at radius 3 is 2.42 bits per heavy atom. The molecule has 0 saturated carbocycles. The Hall–Kier alpha value is -1.80. The summed E-state index contributed by atoms with van der Waals surface area (Å²) in [6, 6.07) is 5.18. The van der Waals surface area contributed by atoms with Gasteiger partial charge in [-0.15, -0.1) is 0 Å². The molecule has 0 aliphatic carbocycles. The predicted molar refractivity (Wildman–Crippen MR) is 91.4 cm³/mol. The average molecular weight is 404 g/mol. The van der Waals surface area contributed by atoms with Crippen molar-refractivity contribution < 1.29 is 28.9 Å². The number of hydrogen-bond donors (Lipinski definition) is 1. The molecule has 0 aromatic heterocycles. The van der Waals surface area contributed by atoms with Crippen LogP contribution in [0.2, 0.25) is 0 Å². The van der Waals surface area contributed by atoms with Gasteiger partial charge < -0.3 is 24.2 Å². The van der Waals surface area contributed by atoms with Crippen molar-refractivity contribution in [3.8, 4) is 11.5 Å². The number of rotatable bonds is 8. The van der Waals surface area contributed by atoms with E-state index in [0.29, 0.717) is 17.1 Å². The standard InChI is InChI=1S/C16H22BrNO6/c1-10(19)15(17)16(21)18(9-14(20)24-4)8-11-5-6-12(22-2)7-13(11)23-3/h5-7,10,15,19H,8-9H2,1-4H3/t10-,15+/m1/s1. The minimum absolute atomic E-state index is 0.121. The molecule has 8 heteroatoms. The van der Waals surface area contributed by atoms with E-state index >= 15 is 0 Å². The van der Waals surface area contributed by atoms with Crippen molar-refractivity contribution >= 4 is 27.8 Å². The number of amides is 1. The third kappa shape index (κ3) is 5.38. The number of ether oxygens (including phenoxy) is 3. The van der Waals surface area contributed by atoms with Crippen molar-refractivity contribution in [2.75, 3.05) is 27.9 Å². The van der Waals surface area contributed by atoms with Gasteiger partial charge in [0, 0.05) is 18.2 Å². The average Bonchev–Trinajstić information content (AvgIpc) is 2.59. The topological polar surface area (TPSA) is 85.3 Å². The molecular weight excluding hydrogens is 382 g/mol. The molecule has 0 fully saturated rings. The van der Waals surface area contributed by atoms with Crippen LogP contribution in [0, 0.1) is 0 Å². The summed E-state index contributed by atoms with van der Waals surface area (Å²) in [6.45, 7) is 1.37. The highest BCUT2D eigenvalue weighted by molar-refractivity contribution is 9.10. The summed E-state index contributed by atoms with van der Waals surface area (Å²) in [4.78, 5) is 24.6. The molecule has 0 saturated heterocycles. The van der Waals surface area contributed by atoms with Crippen LogP contribution in [0.4, 0.5) is 0 Å². The minimum Gasteiger partial charge on any atom is -0.497 e. The van der Waals surface area contributed by atoms with E-state index in [4.69, 9.17) is 9.47 Å². The largest absolute Gasteiger partial charge is 0.497 e. The monoisotopic (exact) mass is 403 g/mol. The number of esters is 1. The molecule has 0 aliphatic heterocycles. The maximum Gasteiger partial charge on any atom is 0.325 e. The van der Waals surface area contributed by atoms with Gasteiger partial charge in [-0.2, -0.15) is 0 Å². The summed E-state index contributed by atoms with van der Waals surface area (Å²) in [5, 5.41) is 9.61. The fraction of sp³-hybridized carbons (Fsp3) is 0.500. The molecule has 0 radical (unpaired) electrons. The van der Waals surface area contributed by atoms with E-state index in [9.17, 15) is 14.7 Å². The van der Waals surface area contributed by atoms with Crippen molar-refractivity contribution in [3.05, 3.63) is 23.8 Å². The quantitative estimate of drug-likeness (QED) is 0.520. The molecule has 134 valence electrons. The summed E-state index contributed by atoms with van der Waals surface area (Å²) >= 11 is 3.15. The Morgan fingerprint density at radius 2 is 1.92 bits per heavy atom. The number of aliphatic hydroxyl groups is 1. The van der Waals surface area contributed by atoms with Gasteiger partial charge >= 0.3 is 5.97 Å². The maximum absolute atomic E-state index is 12.5. The summed E-state index contributed by atoms with van der Waals surface area (Å²) < 4.78 is 15.1. The lowest BCUT2D eigenvalue weighted by Gasteiger charge is -2.26. The van der Waals surface area contributed by atoms with Crippen LogP contribution in [0.3, 0.4) is 0 Å². The number of methoxy groups -OCH3 is 3. The first-order chi connectivity index (χ1) is 11.3. The normalized spacial score (nSPS) is 12.9. The van der Waals surface area contributed by atoms with Crippen LogP contribution in [-0.4, -0.2) is 60.7 Å². The zero-order chi connectivity index (χ0) is 18.3. The second-order valence-electron chi connectivity index (χ2n) is 5.09. The number of benzene rings is 1. The lowest BCUT2D eigenvalue weighted by Crippen LogP contribution is -2.43. The molecule has 0 spiro atoms. The van der Waals surface area contributed by atoms with Crippen molar-refractivity contribution in [1.29, 1.82) is 0 Å². The Balaban J connectivity index is 3.08. The van der Waals surface area contributed by atoms with Gasteiger partial charge in [0.1, 0.15) is 22.9 Å². The van der Waals surface area contributed by atoms with Crippen LogP contribution in [0.5, 0.6) is 11.5 Å². The molecule has 1 rings (SSSR count). The number of aliphatic hydroxyl groups excluding tert-OH is 1. The number of halogens is 1. The van der Waals surface area contributed by atoms with Crippen molar-refractivity contribution in [2.45, 2.75) is 24.4 Å². The lowest BCUT2D eigenvalue weighted by atomic mass is 10.1. The molecule has 1 amide bonds. The number of carbonyl (C=O) groups is 2. The van der Waals surface area contributed by atoms with Crippen LogP contribution >= 0.6 is 15.9 Å². The molecule has 0 aliphatic rings. The van der Waals surface area contributed by atoms with Crippen LogP contribution in [0.25, 0.3) is 0 Å². The van der Waals surface area contributed by atoms with Crippen molar-refractivity contribution in [3.63, 3.8) is 0 Å². The SMILES string of the molecule is COC(=O)CN(Cc1ccc(OC)cc1OC)C(=O)[C@@H](Br)[C@@H](C)O. The molecule has 0 bridgehead atoms. The molecule has 24 heavy (non-hydrogen) atoms. The summed E-state index contributed by atoms with van der Waals surface area (Å²) in [5.41, 5.74) is 0.695. The van der Waals surface area contributed by atoms with E-state index in [2.05, 4.69) is 20.7 Å². The summed E-state index contributed by atoms with van der Waals surface area (Å²) in [5.74, 6) is 0.165. The highest BCUT2D eigenvalue weighted by Crippen LogP contribution is 2.26. The molecule has 1 aromatic carbocycles. The van der Waals surface area contributed by atoms with Crippen LogP contribution in [0.1, 0.15) is 12.5 Å². The number of nitrogens with zero attached hydrogens (tertiary/aromatic N) is 1. The highest BCUT2D eigenvalue weighted by Gasteiger charge is 2.28. The van der Waals surface area contributed by atoms with Crippen LogP contribution in [-0.2, 0) is 20.9 Å². The van der Waals surface area contributed by atoms with Crippen LogP contribution < -0.4 is 9.47 Å². The predicted octanol–water partition coefficient (Wildman–Crippen LogP) is 1.35. The van der Waals surface area contributed by atoms with Gasteiger partial charge in [0.15, 0.2) is 0 Å². The Labute approximate surface area is 149 Å². The molecule has 1 aromatic rings. The van der Waals surface area contributed by atoms with Gasteiger partial charge in [0.25, 0.3) is 0 Å². The van der Waals surface area contributed by atoms with Gasteiger partial charge in [-0.05, 0) is 19.1 Å². The van der Waals surface area contributed by atoms with Gasteiger partial charge in [0.05, 0.1) is 27.4 Å². The van der Waals surface area contributed by atoms with E-state index in [1.54, 1.807) is 25.3 Å². The Bertz CT molecular complexity index is 578. The maximum atomic E-state index is 12.5. The van der Waals surface area contributed by atoms with Crippen molar-refractivity contribution in [1.82, 2.24) is 4.90 Å². The Morgan fingerprint density at radius 1 is 1.25 bits per heavy atom. The molecule has 7 nitrogen and oxygen atoms in total. The number of alkyl halides is 1. The number of hydrogen-bond acceptors (Lipinski definition) is 6. The van der Waals surface area contributed by atoms with Crippen LogP contribution in [0.15, 0.2) is 18.2 Å². The van der Waals surface area contributed by atoms with Gasteiger partial charge in [-0.1, -0.05) is 15.9 Å². The van der Waals surface area contributed by atoms with E-state index in [0.717, 1.165) is 0 Å². The first kappa shape index (κ1) is 20.2. The van der Waals surface area contributed by atoms with Gasteiger partial charge in [-0.3, -0.25) is 9.59 Å². The summed E-state index contributed by atoms with van der Waals surface area (Å²) in [6.07, 6.45) is -0.907. The number of carbonyl (C=O) groups excluding carboxylic acids is 2. The van der Waals surface area contributed by atoms with E-state index < -0.39 is 22.8 Å².